The Morgan fingerprint density at radius 1 is 1.10 bits per heavy atom. The number of oxime groups is 1. The van der Waals surface area contributed by atoms with E-state index in [1.165, 1.54) is 7.11 Å². The maximum atomic E-state index is 12.9. The van der Waals surface area contributed by atoms with E-state index in [0.717, 1.165) is 13.1 Å². The number of hydrazone groups is 1. The van der Waals surface area contributed by atoms with Crippen LogP contribution in [0.1, 0.15) is 48.5 Å². The van der Waals surface area contributed by atoms with Crippen LogP contribution in [0.3, 0.4) is 0 Å². The molecule has 12 heteroatoms. The summed E-state index contributed by atoms with van der Waals surface area (Å²) in [5.74, 6) is -0.804. The third-order valence-corrected chi connectivity index (χ3v) is 2.92. The van der Waals surface area contributed by atoms with E-state index in [1.807, 2.05) is 0 Å². The third-order valence-electron chi connectivity index (χ3n) is 2.92. The summed E-state index contributed by atoms with van der Waals surface area (Å²) < 4.78 is 10.4. The van der Waals surface area contributed by atoms with Gasteiger partial charge in [-0.3, -0.25) is 4.79 Å². The molecule has 1 aliphatic heterocycles. The van der Waals surface area contributed by atoms with Crippen molar-refractivity contribution in [2.75, 3.05) is 13.7 Å². The minimum atomic E-state index is -1.09. The van der Waals surface area contributed by atoms with Crippen LogP contribution in [0.25, 0.3) is 0 Å². The first kappa shape index (κ1) is 23.9. The van der Waals surface area contributed by atoms with Crippen molar-refractivity contribution < 1.29 is 33.5 Å². The Morgan fingerprint density at radius 2 is 1.66 bits per heavy atom. The van der Waals surface area contributed by atoms with Crippen molar-refractivity contribution in [1.82, 2.24) is 15.0 Å². The van der Waals surface area contributed by atoms with Gasteiger partial charge in [-0.2, -0.15) is 5.10 Å². The lowest BCUT2D eigenvalue weighted by Crippen LogP contribution is -2.61. The maximum absolute atomic E-state index is 12.9. The molecule has 162 valence electrons. The fourth-order valence-corrected chi connectivity index (χ4v) is 2.00. The summed E-state index contributed by atoms with van der Waals surface area (Å²) in [6.45, 7) is 10.4. The lowest BCUT2D eigenvalue weighted by molar-refractivity contribution is -0.140. The number of imide groups is 2. The lowest BCUT2D eigenvalue weighted by Gasteiger charge is -2.37. The first-order chi connectivity index (χ1) is 13.2. The van der Waals surface area contributed by atoms with Gasteiger partial charge in [-0.05, 0) is 41.5 Å². The molecule has 0 fully saturated rings. The molecule has 1 rings (SSSR count). The number of hydrogen-bond acceptors (Lipinski definition) is 9. The summed E-state index contributed by atoms with van der Waals surface area (Å²) in [6.07, 6.45) is -1.06. The first-order valence-electron chi connectivity index (χ1n) is 8.68. The van der Waals surface area contributed by atoms with Crippen molar-refractivity contribution in [3.05, 3.63) is 0 Å². The van der Waals surface area contributed by atoms with Gasteiger partial charge in [0.2, 0.25) is 5.91 Å². The molecule has 0 aromatic carbocycles. The molecular weight excluding hydrogens is 386 g/mol. The van der Waals surface area contributed by atoms with E-state index in [2.05, 4.69) is 15.1 Å². The molecule has 0 aromatic rings. The zero-order valence-electron chi connectivity index (χ0n) is 17.9. The van der Waals surface area contributed by atoms with Gasteiger partial charge in [0, 0.05) is 6.92 Å². The van der Waals surface area contributed by atoms with Crippen LogP contribution < -0.4 is 0 Å². The van der Waals surface area contributed by atoms with Crippen LogP contribution >= 0.6 is 0 Å². The van der Waals surface area contributed by atoms with Gasteiger partial charge in [0.1, 0.15) is 24.0 Å². The number of ether oxygens (including phenoxy) is 2. The fourth-order valence-electron chi connectivity index (χ4n) is 2.00. The van der Waals surface area contributed by atoms with Crippen molar-refractivity contribution >= 4 is 36.1 Å². The Balaban J connectivity index is 3.34. The molecule has 0 aliphatic carbocycles. The molecule has 0 spiro atoms. The number of urea groups is 1. The average molecular weight is 413 g/mol. The Hall–Kier alpha value is -3.18. The zero-order chi connectivity index (χ0) is 22.6. The van der Waals surface area contributed by atoms with E-state index in [9.17, 15) is 19.2 Å². The highest BCUT2D eigenvalue weighted by Crippen LogP contribution is 2.19. The van der Waals surface area contributed by atoms with Crippen molar-refractivity contribution in [2.24, 2.45) is 10.3 Å². The molecule has 0 saturated heterocycles. The van der Waals surface area contributed by atoms with Gasteiger partial charge in [-0.15, -0.1) is 10.0 Å². The van der Waals surface area contributed by atoms with Crippen LogP contribution in [0.2, 0.25) is 0 Å². The van der Waals surface area contributed by atoms with Crippen LogP contribution in [0, 0.1) is 0 Å². The largest absolute Gasteiger partial charge is 0.442 e. The molecule has 0 saturated carbocycles. The summed E-state index contributed by atoms with van der Waals surface area (Å²) in [4.78, 5) is 54.5. The van der Waals surface area contributed by atoms with Crippen LogP contribution in [-0.2, 0) is 19.1 Å². The number of carbonyl (C=O) groups is 4. The molecule has 0 N–H and O–H groups in total. The van der Waals surface area contributed by atoms with Gasteiger partial charge < -0.3 is 14.3 Å². The quantitative estimate of drug-likeness (QED) is 0.512. The van der Waals surface area contributed by atoms with E-state index in [-0.39, 0.29) is 12.3 Å². The van der Waals surface area contributed by atoms with Gasteiger partial charge in [0.15, 0.2) is 0 Å². The van der Waals surface area contributed by atoms with Crippen molar-refractivity contribution in [3.8, 4) is 0 Å². The Labute approximate surface area is 169 Å². The molecule has 0 bridgehead atoms. The lowest BCUT2D eigenvalue weighted by atomic mass is 10.2. The normalized spacial score (nSPS) is 15.2. The van der Waals surface area contributed by atoms with Crippen molar-refractivity contribution in [1.29, 1.82) is 0 Å². The maximum Gasteiger partial charge on any atom is 0.439 e. The van der Waals surface area contributed by atoms with Crippen LogP contribution in [0.4, 0.5) is 14.4 Å². The summed E-state index contributed by atoms with van der Waals surface area (Å²) >= 11 is 0. The Morgan fingerprint density at radius 3 is 2.10 bits per heavy atom. The summed E-state index contributed by atoms with van der Waals surface area (Å²) in [6, 6.07) is -1.07. The highest BCUT2D eigenvalue weighted by molar-refractivity contribution is 6.32. The third kappa shape index (κ3) is 7.05. The Kier molecular flexibility index (Phi) is 7.31. The van der Waals surface area contributed by atoms with E-state index in [1.54, 1.807) is 41.5 Å². The molecule has 0 aromatic heterocycles. The molecule has 0 unspecified atom stereocenters. The highest BCUT2D eigenvalue weighted by Gasteiger charge is 2.42. The molecule has 0 atom stereocenters. The second kappa shape index (κ2) is 8.88. The number of nitrogens with zero attached hydrogens (tertiary/aromatic N) is 5. The van der Waals surface area contributed by atoms with Crippen LogP contribution in [0.15, 0.2) is 10.3 Å². The molecule has 1 heterocycles. The SMILES string of the molecule is CO/N=C/C1=NN(C(=O)OC(C)(C)C)C(=O)N(N(C(C)=O)C(=O)OC(C)(C)C)C1. The predicted octanol–water partition coefficient (Wildman–Crippen LogP) is 2.35. The number of carbonyl (C=O) groups excluding carboxylic acids is 4. The van der Waals surface area contributed by atoms with Crippen LogP contribution in [-0.4, -0.2) is 75.9 Å². The second-order valence-electron chi connectivity index (χ2n) is 7.95. The van der Waals surface area contributed by atoms with Gasteiger partial charge in [-0.25, -0.2) is 19.4 Å². The molecule has 1 aliphatic rings. The standard InChI is InChI=1S/C17H27N5O7/c1-11(23)22(15(26)29-17(5,6)7)20-10-12(9-18-27-8)19-21(13(20)24)14(25)28-16(2,3)4/h9H,10H2,1-8H3/b18-9+. The van der Waals surface area contributed by atoms with Gasteiger partial charge in [0.05, 0.1) is 12.8 Å². The molecule has 12 nitrogen and oxygen atoms in total. The molecule has 5 amide bonds. The number of hydrazine groups is 1. The number of amides is 5. The first-order valence-corrected chi connectivity index (χ1v) is 8.68. The second-order valence-corrected chi connectivity index (χ2v) is 7.95. The summed E-state index contributed by atoms with van der Waals surface area (Å²) in [5.41, 5.74) is -1.79. The zero-order valence-corrected chi connectivity index (χ0v) is 17.9. The number of hydrogen-bond donors (Lipinski definition) is 0. The molecule has 0 radical (unpaired) electrons. The average Bonchev–Trinajstić information content (AvgIpc) is 2.51. The molecule has 29 heavy (non-hydrogen) atoms. The van der Waals surface area contributed by atoms with Gasteiger partial charge in [0.25, 0.3) is 0 Å². The minimum absolute atomic E-state index is 0.0483. The summed E-state index contributed by atoms with van der Waals surface area (Å²) in [7, 11) is 1.29. The topological polar surface area (TPSA) is 130 Å². The monoisotopic (exact) mass is 413 g/mol. The van der Waals surface area contributed by atoms with Gasteiger partial charge in [-0.1, -0.05) is 5.16 Å². The summed E-state index contributed by atoms with van der Waals surface area (Å²) in [5, 5.41) is 9.01. The Bertz CT molecular complexity index is 733. The van der Waals surface area contributed by atoms with E-state index >= 15 is 0 Å². The van der Waals surface area contributed by atoms with Gasteiger partial charge >= 0.3 is 18.2 Å². The van der Waals surface area contributed by atoms with E-state index in [4.69, 9.17) is 9.47 Å². The van der Waals surface area contributed by atoms with Crippen molar-refractivity contribution in [2.45, 2.75) is 59.7 Å². The molecular formula is C17H27N5O7. The number of rotatable bonds is 3. The van der Waals surface area contributed by atoms with Crippen molar-refractivity contribution in [3.63, 3.8) is 0 Å². The van der Waals surface area contributed by atoms with Crippen LogP contribution in [0.5, 0.6) is 0 Å². The smallest absolute Gasteiger partial charge is 0.439 e. The predicted molar refractivity (Wildman–Crippen MR) is 102 cm³/mol. The minimum Gasteiger partial charge on any atom is -0.442 e. The highest BCUT2D eigenvalue weighted by atomic mass is 16.6. The van der Waals surface area contributed by atoms with E-state index in [0.29, 0.717) is 15.0 Å². The van der Waals surface area contributed by atoms with E-state index < -0.39 is 35.3 Å². The fraction of sp³-hybridized carbons (Fsp3) is 0.647.